The van der Waals surface area contributed by atoms with E-state index in [0.717, 1.165) is 102 Å². The molecule has 37 heteroatoms. The first-order chi connectivity index (χ1) is 46.5. The minimum atomic E-state index is -3.30. The lowest BCUT2D eigenvalue weighted by atomic mass is 9.75. The van der Waals surface area contributed by atoms with Crippen molar-refractivity contribution in [3.8, 4) is 69.3 Å². The van der Waals surface area contributed by atoms with E-state index in [1.54, 1.807) is 82.2 Å². The van der Waals surface area contributed by atoms with E-state index in [1.807, 2.05) is 56.1 Å². The van der Waals surface area contributed by atoms with Crippen LogP contribution >= 0.6 is 103 Å². The van der Waals surface area contributed by atoms with E-state index in [2.05, 4.69) is 84.5 Å². The van der Waals surface area contributed by atoms with Crippen LogP contribution < -0.4 is 0 Å². The predicted molar refractivity (Wildman–Crippen MR) is 373 cm³/mol. The number of aromatic nitrogens is 16. The topological polar surface area (TPSA) is 344 Å². The van der Waals surface area contributed by atoms with Crippen molar-refractivity contribution in [3.63, 3.8) is 0 Å². The molecule has 0 N–H and O–H groups in total. The van der Waals surface area contributed by atoms with Gasteiger partial charge in [0.2, 0.25) is 41.2 Å². The number of hydrogen-bond donors (Lipinski definition) is 0. The van der Waals surface area contributed by atoms with Crippen molar-refractivity contribution in [3.05, 3.63) is 115 Å². The van der Waals surface area contributed by atoms with Gasteiger partial charge in [0, 0.05) is 73.2 Å². The Morgan fingerprint density at radius 2 is 0.794 bits per heavy atom. The van der Waals surface area contributed by atoms with Crippen molar-refractivity contribution in [1.82, 2.24) is 87.6 Å². The fourth-order valence-corrected chi connectivity index (χ4v) is 18.4. The molecule has 2 aliphatic carbocycles. The molecule has 4 aliphatic rings. The van der Waals surface area contributed by atoms with Crippen LogP contribution in [0.4, 0.5) is 0 Å². The first-order valence-electron chi connectivity index (χ1n) is 29.5. The third-order valence-electron chi connectivity index (χ3n) is 17.4. The molecule has 4 fully saturated rings. The molecule has 0 spiro atoms. The Labute approximate surface area is 594 Å². The Balaban J connectivity index is 0.000000117. The lowest BCUT2D eigenvalue weighted by molar-refractivity contribution is 0.0719. The van der Waals surface area contributed by atoms with Gasteiger partial charge in [0.25, 0.3) is 0 Å². The Kier molecular flexibility index (Phi) is 18.7. The van der Waals surface area contributed by atoms with Gasteiger partial charge in [-0.2, -0.15) is 50.1 Å². The Morgan fingerprint density at radius 1 is 0.464 bits per heavy atom. The summed E-state index contributed by atoms with van der Waals surface area (Å²) in [6.45, 7) is 2.46. The summed E-state index contributed by atoms with van der Waals surface area (Å²) in [4.78, 5) is 34.2. The predicted octanol–water partition coefficient (Wildman–Crippen LogP) is 12.8. The van der Waals surface area contributed by atoms with Crippen molar-refractivity contribution in [2.45, 2.75) is 86.9 Å². The second-order valence-electron chi connectivity index (χ2n) is 23.5. The minimum Gasteiger partial charge on any atom is -0.265 e. The van der Waals surface area contributed by atoms with Crippen molar-refractivity contribution in [2.24, 2.45) is 0 Å². The van der Waals surface area contributed by atoms with E-state index < -0.39 is 31.1 Å². The van der Waals surface area contributed by atoms with E-state index in [0.29, 0.717) is 39.6 Å². The highest BCUT2D eigenvalue weighted by atomic mass is 35.5. The molecule has 26 nitrogen and oxygen atoms in total. The molecule has 0 radical (unpaired) electrons. The molecule has 2 saturated carbocycles. The highest BCUT2D eigenvalue weighted by molar-refractivity contribution is 7.89. The first-order valence-corrected chi connectivity index (χ1v) is 38.3. The van der Waals surface area contributed by atoms with Gasteiger partial charge in [-0.1, -0.05) is 11.6 Å². The Morgan fingerprint density at radius 3 is 1.12 bits per heavy atom. The fraction of sp³-hybridized carbons (Fsp3) is 0.333. The summed E-state index contributed by atoms with van der Waals surface area (Å²) in [5.74, 6) is 0.0243. The summed E-state index contributed by atoms with van der Waals surface area (Å²) in [6.07, 6.45) is 22.0. The second-order valence-corrected chi connectivity index (χ2v) is 33.5. The smallest absolute Gasteiger partial charge is 0.223 e. The number of fused-ring (bicyclic) bond motifs is 4. The number of halogens is 5. The average Bonchev–Trinajstić information content (AvgIpc) is 1.72. The normalized spacial score (nSPS) is 16.6. The third kappa shape index (κ3) is 13.3. The van der Waals surface area contributed by atoms with Crippen molar-refractivity contribution in [1.29, 1.82) is 21.0 Å². The molecule has 2 saturated heterocycles. The van der Waals surface area contributed by atoms with Crippen LogP contribution in [0.3, 0.4) is 0 Å². The molecule has 2 aliphatic heterocycles. The summed E-state index contributed by atoms with van der Waals surface area (Å²) < 4.78 is 61.7. The summed E-state index contributed by atoms with van der Waals surface area (Å²) in [7, 11) is -6.59. The number of nitriles is 4. The number of thiophene rings is 4. The molecule has 12 aromatic rings. The van der Waals surface area contributed by atoms with E-state index in [4.69, 9.17) is 68.5 Å². The Hall–Kier alpha value is -7.77. The molecule has 12 aromatic heterocycles. The largest absolute Gasteiger partial charge is 0.265 e. The minimum absolute atomic E-state index is 0.0243. The molecule has 0 bridgehead atoms. The molecule has 0 unspecified atom stereocenters. The maximum atomic E-state index is 12.1. The van der Waals surface area contributed by atoms with Gasteiger partial charge >= 0.3 is 0 Å². The average molecular weight is 1510 g/mol. The molecule has 0 atom stereocenters. The lowest BCUT2D eigenvalue weighted by Crippen LogP contribution is -2.64. The van der Waals surface area contributed by atoms with Gasteiger partial charge in [-0.05, 0) is 126 Å². The standard InChI is InChI=1S/C16H14Cl2N6O2S2.C15H13ClN6O2S2.C15H12ClN5S.C14H10ClN5S/c1-2-28(25,26)23-8-16(9-23,3-4-19)24-7-10(6-20-24)13-14-11(5-12(17)27-14)21-15(18)22-13;1-26(23,24)21-8-15(9-21,3-4-17)22-7-10(6-18-22)12-13-11(2-5-25-13)19-14(16)20-12;16-14-19-11-2-7-22-13(11)12(20-14)10-8-18-21(9-10)15(5-6-17)3-1-4-15;15-13-18-10-1-6-21-12(10)11(19-13)9-7-17-20(8-9)14(2-3-14)4-5-16/h5-7H,2-3,8-9H2,1H3;2,5-7H,3,8-9H2,1H3;2,7-9H,1,3-5H2;1,6-8H,2-4H2. The fourth-order valence-electron chi connectivity index (χ4n) is 11.8. The molecule has 14 heterocycles. The third-order valence-corrected chi connectivity index (χ3v) is 25.0. The van der Waals surface area contributed by atoms with Crippen LogP contribution in [0.1, 0.15) is 64.7 Å². The maximum Gasteiger partial charge on any atom is 0.223 e. The zero-order valence-electron chi connectivity index (χ0n) is 50.9. The van der Waals surface area contributed by atoms with Crippen molar-refractivity contribution in [2.75, 3.05) is 38.2 Å². The second kappa shape index (κ2) is 26.8. The lowest BCUT2D eigenvalue weighted by Gasteiger charge is -2.47. The molecule has 16 rings (SSSR count). The quantitative estimate of drug-likeness (QED) is 0.0860. The van der Waals surface area contributed by atoms with Gasteiger partial charge < -0.3 is 0 Å². The number of rotatable bonds is 15. The van der Waals surface area contributed by atoms with Crippen LogP contribution in [0.2, 0.25) is 25.5 Å². The highest BCUT2D eigenvalue weighted by Crippen LogP contribution is 2.48. The van der Waals surface area contributed by atoms with Crippen LogP contribution in [-0.2, 0) is 42.2 Å². The van der Waals surface area contributed by atoms with Gasteiger partial charge in [0.1, 0.15) is 11.1 Å². The van der Waals surface area contributed by atoms with Crippen molar-refractivity contribution < 1.29 is 16.8 Å². The monoisotopic (exact) mass is 1510 g/mol. The van der Waals surface area contributed by atoms with E-state index >= 15 is 0 Å². The molecule has 0 aromatic carbocycles. The van der Waals surface area contributed by atoms with Crippen LogP contribution in [-0.4, -0.2) is 143 Å². The Bertz CT molecular complexity index is 5440. The zero-order valence-corrected chi connectivity index (χ0v) is 59.5. The summed E-state index contributed by atoms with van der Waals surface area (Å²) >= 11 is 36.2. The number of nitrogens with zero attached hydrogens (tertiary/aromatic N) is 22. The van der Waals surface area contributed by atoms with E-state index in [-0.39, 0.29) is 77.0 Å². The highest BCUT2D eigenvalue weighted by Gasteiger charge is 2.51. The van der Waals surface area contributed by atoms with Gasteiger partial charge in [0.05, 0.1) is 166 Å². The summed E-state index contributed by atoms with van der Waals surface area (Å²) in [5, 5.41) is 60.8. The maximum absolute atomic E-state index is 12.1. The first kappa shape index (κ1) is 67.8. The van der Waals surface area contributed by atoms with Crippen LogP contribution in [0.5, 0.6) is 0 Å². The summed E-state index contributed by atoms with van der Waals surface area (Å²) in [6, 6.07) is 16.3. The van der Waals surface area contributed by atoms with Crippen molar-refractivity contribution >= 4 is 164 Å². The SMILES string of the molecule is CCS(=O)(=O)N1CC(CC#N)(n2cc(-c3nc(Cl)nc4cc(Cl)sc34)cn2)C1.CS(=O)(=O)N1CC(CC#N)(n2cc(-c3nc(Cl)nc4ccsc34)cn2)C1.N#CCC1(n2cc(-c3nc(Cl)nc4ccsc34)cn2)CC1.N#CCC1(n2cc(-c3nc(Cl)nc4ccsc34)cn2)CCC1. The van der Waals surface area contributed by atoms with Crippen LogP contribution in [0, 0.1) is 45.3 Å². The van der Waals surface area contributed by atoms with E-state index in [1.165, 1.54) is 31.3 Å². The molecule has 494 valence electrons. The van der Waals surface area contributed by atoms with Gasteiger partial charge in [-0.25, -0.2) is 56.7 Å². The number of hydrogen-bond acceptors (Lipinski definition) is 24. The summed E-state index contributed by atoms with van der Waals surface area (Å²) in [5.41, 5.74) is 7.65. The number of sulfonamides is 2. The van der Waals surface area contributed by atoms with Gasteiger partial charge in [0.15, 0.2) is 0 Å². The molecular weight excluding hydrogens is 1460 g/mol. The molecular formula is C60H49Cl5N22O4S6. The molecule has 97 heavy (non-hydrogen) atoms. The molecule has 0 amide bonds. The van der Waals surface area contributed by atoms with E-state index in [9.17, 15) is 27.4 Å². The zero-order chi connectivity index (χ0) is 68.2. The van der Waals surface area contributed by atoms with Gasteiger partial charge in [-0.3, -0.25) is 18.7 Å². The van der Waals surface area contributed by atoms with Crippen LogP contribution in [0.15, 0.2) is 90.0 Å². The van der Waals surface area contributed by atoms with Crippen LogP contribution in [0.25, 0.3) is 85.9 Å². The van der Waals surface area contributed by atoms with Gasteiger partial charge in [-0.15, -0.1) is 45.3 Å².